The number of nitrogens with zero attached hydrogens (tertiary/aromatic N) is 1. The van der Waals surface area contributed by atoms with E-state index in [0.717, 1.165) is 6.20 Å². The van der Waals surface area contributed by atoms with Crippen LogP contribution >= 0.6 is 0 Å². The largest absolute Gasteiger partial charge is 0.465 e. The standard InChI is InChI=1S/C15H15FN2O3/c1-17-14(19)12-7-9(15(20)21-2)3-4-10(12)11-5-6-18-8-13(11)16/h3-8,14,17,19H,1-2H3. The van der Waals surface area contributed by atoms with Crippen molar-refractivity contribution in [3.63, 3.8) is 0 Å². The third kappa shape index (κ3) is 3.07. The number of methoxy groups -OCH3 is 1. The molecule has 0 saturated carbocycles. The van der Waals surface area contributed by atoms with Crippen molar-refractivity contribution in [1.29, 1.82) is 0 Å². The Kier molecular flexibility index (Phi) is 4.62. The fraction of sp³-hybridized carbons (Fsp3) is 0.200. The molecular formula is C15H15FN2O3. The van der Waals surface area contributed by atoms with E-state index >= 15 is 0 Å². The molecule has 0 radical (unpaired) electrons. The number of hydrogen-bond donors (Lipinski definition) is 2. The predicted molar refractivity (Wildman–Crippen MR) is 75.0 cm³/mol. The topological polar surface area (TPSA) is 71.5 Å². The van der Waals surface area contributed by atoms with Crippen molar-refractivity contribution in [2.45, 2.75) is 6.23 Å². The van der Waals surface area contributed by atoms with Crippen LogP contribution in [0.5, 0.6) is 0 Å². The van der Waals surface area contributed by atoms with E-state index in [-0.39, 0.29) is 5.56 Å². The molecule has 1 unspecified atom stereocenters. The van der Waals surface area contributed by atoms with Crippen LogP contribution in [0, 0.1) is 5.82 Å². The summed E-state index contributed by atoms with van der Waals surface area (Å²) in [5, 5.41) is 12.7. The molecule has 1 heterocycles. The summed E-state index contributed by atoms with van der Waals surface area (Å²) in [7, 11) is 2.83. The van der Waals surface area contributed by atoms with Crippen LogP contribution in [-0.4, -0.2) is 30.2 Å². The summed E-state index contributed by atoms with van der Waals surface area (Å²) in [6.07, 6.45) is 1.51. The zero-order chi connectivity index (χ0) is 15.4. The number of ether oxygens (including phenoxy) is 1. The number of hydrogen-bond acceptors (Lipinski definition) is 5. The Balaban J connectivity index is 2.61. The van der Waals surface area contributed by atoms with Gasteiger partial charge in [0.2, 0.25) is 0 Å². The van der Waals surface area contributed by atoms with Crippen molar-refractivity contribution >= 4 is 5.97 Å². The molecule has 0 spiro atoms. The highest BCUT2D eigenvalue weighted by molar-refractivity contribution is 5.90. The van der Waals surface area contributed by atoms with E-state index in [9.17, 15) is 14.3 Å². The Morgan fingerprint density at radius 2 is 2.14 bits per heavy atom. The van der Waals surface area contributed by atoms with Gasteiger partial charge in [-0.2, -0.15) is 0 Å². The number of nitrogens with one attached hydrogen (secondary N) is 1. The maximum absolute atomic E-state index is 13.9. The summed E-state index contributed by atoms with van der Waals surface area (Å²) in [6, 6.07) is 6.07. The molecule has 0 aliphatic carbocycles. The summed E-state index contributed by atoms with van der Waals surface area (Å²) in [6.45, 7) is 0. The van der Waals surface area contributed by atoms with E-state index in [0.29, 0.717) is 16.7 Å². The molecule has 110 valence electrons. The fourth-order valence-corrected chi connectivity index (χ4v) is 2.03. The van der Waals surface area contributed by atoms with Crippen molar-refractivity contribution in [1.82, 2.24) is 10.3 Å². The molecule has 0 fully saturated rings. The normalized spacial score (nSPS) is 12.0. The second kappa shape index (κ2) is 6.43. The van der Waals surface area contributed by atoms with E-state index in [1.807, 2.05) is 0 Å². The van der Waals surface area contributed by atoms with Crippen LogP contribution in [0.25, 0.3) is 11.1 Å². The summed E-state index contributed by atoms with van der Waals surface area (Å²) in [5.74, 6) is -1.03. The lowest BCUT2D eigenvalue weighted by Gasteiger charge is -2.16. The molecule has 0 saturated heterocycles. The molecule has 0 aliphatic heterocycles. The number of aliphatic hydroxyl groups excluding tert-OH is 1. The lowest BCUT2D eigenvalue weighted by Crippen LogP contribution is -2.17. The fourth-order valence-electron chi connectivity index (χ4n) is 2.03. The van der Waals surface area contributed by atoms with Crippen molar-refractivity contribution in [3.8, 4) is 11.1 Å². The highest BCUT2D eigenvalue weighted by Gasteiger charge is 2.17. The van der Waals surface area contributed by atoms with Gasteiger partial charge in [-0.05, 0) is 30.8 Å². The lowest BCUT2D eigenvalue weighted by molar-refractivity contribution is 0.0600. The minimum absolute atomic E-state index is 0.278. The van der Waals surface area contributed by atoms with Crippen LogP contribution in [0.1, 0.15) is 22.1 Å². The molecule has 5 nitrogen and oxygen atoms in total. The molecule has 0 bridgehead atoms. The molecule has 1 atom stereocenters. The lowest BCUT2D eigenvalue weighted by atomic mass is 9.96. The molecule has 1 aromatic heterocycles. The van der Waals surface area contributed by atoms with Crippen LogP contribution < -0.4 is 5.32 Å². The summed E-state index contributed by atoms with van der Waals surface area (Å²) in [4.78, 5) is 15.3. The van der Waals surface area contributed by atoms with Gasteiger partial charge in [0.1, 0.15) is 12.0 Å². The maximum atomic E-state index is 13.9. The number of halogens is 1. The monoisotopic (exact) mass is 290 g/mol. The molecule has 0 aliphatic rings. The molecule has 2 aromatic rings. The van der Waals surface area contributed by atoms with Crippen LogP contribution in [0.4, 0.5) is 4.39 Å². The Bertz CT molecular complexity index is 661. The minimum atomic E-state index is -1.04. The summed E-state index contributed by atoms with van der Waals surface area (Å²) in [5.41, 5.74) is 1.43. The van der Waals surface area contributed by atoms with Crippen molar-refractivity contribution < 1.29 is 19.0 Å². The van der Waals surface area contributed by atoms with Crippen LogP contribution in [0.3, 0.4) is 0 Å². The molecule has 21 heavy (non-hydrogen) atoms. The van der Waals surface area contributed by atoms with E-state index < -0.39 is 18.0 Å². The molecule has 0 amide bonds. The molecule has 1 aromatic carbocycles. The van der Waals surface area contributed by atoms with Crippen molar-refractivity contribution in [2.24, 2.45) is 0 Å². The van der Waals surface area contributed by atoms with Crippen LogP contribution in [-0.2, 0) is 4.74 Å². The van der Waals surface area contributed by atoms with Gasteiger partial charge >= 0.3 is 5.97 Å². The van der Waals surface area contributed by atoms with Gasteiger partial charge in [-0.15, -0.1) is 0 Å². The number of benzene rings is 1. The van der Waals surface area contributed by atoms with Crippen molar-refractivity contribution in [3.05, 3.63) is 53.6 Å². The SMILES string of the molecule is CNC(O)c1cc(C(=O)OC)ccc1-c1ccncc1F. The highest BCUT2D eigenvalue weighted by atomic mass is 19.1. The van der Waals surface area contributed by atoms with Gasteiger partial charge in [0.25, 0.3) is 0 Å². The summed E-state index contributed by atoms with van der Waals surface area (Å²) < 4.78 is 18.5. The Hall–Kier alpha value is -2.31. The highest BCUT2D eigenvalue weighted by Crippen LogP contribution is 2.30. The first kappa shape index (κ1) is 15.1. The van der Waals surface area contributed by atoms with E-state index in [2.05, 4.69) is 15.0 Å². The predicted octanol–water partition coefficient (Wildman–Crippen LogP) is 1.88. The van der Waals surface area contributed by atoms with Crippen molar-refractivity contribution in [2.75, 3.05) is 14.2 Å². The first-order valence-electron chi connectivity index (χ1n) is 6.26. The second-order valence-corrected chi connectivity index (χ2v) is 4.34. The quantitative estimate of drug-likeness (QED) is 0.664. The van der Waals surface area contributed by atoms with Gasteiger partial charge in [-0.1, -0.05) is 6.07 Å². The zero-order valence-electron chi connectivity index (χ0n) is 11.6. The zero-order valence-corrected chi connectivity index (χ0v) is 11.6. The van der Waals surface area contributed by atoms with E-state index in [4.69, 9.17) is 0 Å². The van der Waals surface area contributed by atoms with Crippen LogP contribution in [0.2, 0.25) is 0 Å². The molecular weight excluding hydrogens is 275 g/mol. The molecule has 6 heteroatoms. The van der Waals surface area contributed by atoms with Gasteiger partial charge in [0, 0.05) is 17.3 Å². The van der Waals surface area contributed by atoms with Gasteiger partial charge in [0.15, 0.2) is 0 Å². The van der Waals surface area contributed by atoms with Gasteiger partial charge in [0.05, 0.1) is 18.9 Å². The third-order valence-corrected chi connectivity index (χ3v) is 3.10. The number of carbonyl (C=O) groups excluding carboxylic acids is 1. The second-order valence-electron chi connectivity index (χ2n) is 4.34. The van der Waals surface area contributed by atoms with E-state index in [1.165, 1.54) is 31.5 Å². The molecule has 2 N–H and O–H groups in total. The first-order valence-corrected chi connectivity index (χ1v) is 6.26. The number of aliphatic hydroxyl groups is 1. The number of carbonyl (C=O) groups is 1. The number of aromatic nitrogens is 1. The van der Waals surface area contributed by atoms with Gasteiger partial charge in [-0.25, -0.2) is 9.18 Å². The van der Waals surface area contributed by atoms with E-state index in [1.54, 1.807) is 13.1 Å². The first-order chi connectivity index (χ1) is 10.1. The Labute approximate surface area is 121 Å². The number of rotatable bonds is 4. The average molecular weight is 290 g/mol. The maximum Gasteiger partial charge on any atom is 0.337 e. The molecule has 2 rings (SSSR count). The van der Waals surface area contributed by atoms with Crippen LogP contribution in [0.15, 0.2) is 36.7 Å². The minimum Gasteiger partial charge on any atom is -0.465 e. The number of esters is 1. The summed E-state index contributed by atoms with van der Waals surface area (Å²) >= 11 is 0. The Morgan fingerprint density at radius 3 is 2.76 bits per heavy atom. The number of pyridine rings is 1. The van der Waals surface area contributed by atoms with Gasteiger partial charge < -0.3 is 9.84 Å². The third-order valence-electron chi connectivity index (χ3n) is 3.10. The Morgan fingerprint density at radius 1 is 1.38 bits per heavy atom. The smallest absolute Gasteiger partial charge is 0.337 e. The van der Waals surface area contributed by atoms with Gasteiger partial charge in [-0.3, -0.25) is 10.3 Å². The average Bonchev–Trinajstić information content (AvgIpc) is 2.53.